The first-order valence-corrected chi connectivity index (χ1v) is 15.3. The first kappa shape index (κ1) is 28.6. The number of esters is 1. The van der Waals surface area contributed by atoms with Gasteiger partial charge in [0.25, 0.3) is 0 Å². The molecule has 1 aliphatic carbocycles. The van der Waals surface area contributed by atoms with Crippen LogP contribution in [0, 0.1) is 5.41 Å². The van der Waals surface area contributed by atoms with E-state index in [1.54, 1.807) is 30.1 Å². The summed E-state index contributed by atoms with van der Waals surface area (Å²) in [4.78, 5) is 20.0. The first-order valence-electron chi connectivity index (χ1n) is 14.6. The number of aliphatic hydroxyl groups is 1. The third-order valence-electron chi connectivity index (χ3n) is 8.82. The summed E-state index contributed by atoms with van der Waals surface area (Å²) in [7, 11) is 0. The Morgan fingerprint density at radius 1 is 1.23 bits per heavy atom. The van der Waals surface area contributed by atoms with E-state index in [2.05, 4.69) is 15.0 Å². The molecule has 0 amide bonds. The molecule has 0 radical (unpaired) electrons. The SMILES string of the molecule is CCOC(=O)[C@@H](c1ncn2c1C[C@@H](F)C2)n1cc2c(Cl)cc(-c3ccc(OCCN4CC5(CC(O)C5)C4)cc3)c(Cl)c2n1. The quantitative estimate of drug-likeness (QED) is 0.258. The molecular formula is C31H32Cl2FN5O4. The van der Waals surface area contributed by atoms with Gasteiger partial charge in [0.15, 0.2) is 6.04 Å². The van der Waals surface area contributed by atoms with E-state index < -0.39 is 18.2 Å². The maximum atomic E-state index is 14.2. The molecule has 43 heavy (non-hydrogen) atoms. The van der Waals surface area contributed by atoms with Crippen molar-refractivity contribution in [1.82, 2.24) is 24.2 Å². The molecule has 4 aromatic rings. The predicted octanol–water partition coefficient (Wildman–Crippen LogP) is 5.09. The number of hydrogen-bond acceptors (Lipinski definition) is 7. The van der Waals surface area contributed by atoms with E-state index in [4.69, 9.17) is 32.7 Å². The van der Waals surface area contributed by atoms with Crippen molar-refractivity contribution >= 4 is 40.1 Å². The van der Waals surface area contributed by atoms with Gasteiger partial charge >= 0.3 is 5.97 Å². The van der Waals surface area contributed by atoms with Gasteiger partial charge in [-0.2, -0.15) is 5.10 Å². The summed E-state index contributed by atoms with van der Waals surface area (Å²) in [6, 6.07) is 8.42. The summed E-state index contributed by atoms with van der Waals surface area (Å²) in [5.41, 5.74) is 3.37. The Balaban J connectivity index is 1.10. The van der Waals surface area contributed by atoms with Crippen molar-refractivity contribution in [2.24, 2.45) is 5.41 Å². The van der Waals surface area contributed by atoms with E-state index in [-0.39, 0.29) is 25.7 Å². The highest BCUT2D eigenvalue weighted by Gasteiger charge is 2.51. The minimum atomic E-state index is -1.03. The summed E-state index contributed by atoms with van der Waals surface area (Å²) in [6.07, 6.45) is 4.07. The van der Waals surface area contributed by atoms with Crippen molar-refractivity contribution in [1.29, 1.82) is 0 Å². The number of aromatic nitrogens is 4. The van der Waals surface area contributed by atoms with Gasteiger partial charge in [-0.25, -0.2) is 14.2 Å². The Kier molecular flexibility index (Phi) is 7.36. The average molecular weight is 629 g/mol. The second kappa shape index (κ2) is 11.1. The van der Waals surface area contributed by atoms with Crippen LogP contribution in [-0.2, 0) is 22.5 Å². The number of alkyl halides is 1. The molecule has 12 heteroatoms. The Morgan fingerprint density at radius 2 is 2.00 bits per heavy atom. The molecule has 4 heterocycles. The highest BCUT2D eigenvalue weighted by Crippen LogP contribution is 2.48. The van der Waals surface area contributed by atoms with Crippen LogP contribution in [0.15, 0.2) is 42.9 Å². The summed E-state index contributed by atoms with van der Waals surface area (Å²) in [5, 5.41) is 15.7. The Bertz CT molecular complexity index is 1680. The van der Waals surface area contributed by atoms with Crippen LogP contribution < -0.4 is 4.74 Å². The lowest BCUT2D eigenvalue weighted by atomic mass is 9.62. The summed E-state index contributed by atoms with van der Waals surface area (Å²) in [6.45, 7) is 5.61. The number of nitrogens with zero attached hydrogens (tertiary/aromatic N) is 5. The average Bonchev–Trinajstić information content (AvgIpc) is 3.65. The fraction of sp³-hybridized carbons (Fsp3) is 0.452. The number of likely N-dealkylation sites (tertiary alicyclic amines) is 1. The Labute approximate surface area is 258 Å². The van der Waals surface area contributed by atoms with Gasteiger partial charge in [0, 0.05) is 54.3 Å². The van der Waals surface area contributed by atoms with Gasteiger partial charge < -0.3 is 19.1 Å². The van der Waals surface area contributed by atoms with Crippen molar-refractivity contribution in [3.63, 3.8) is 0 Å². The molecule has 0 unspecified atom stereocenters. The fourth-order valence-electron chi connectivity index (χ4n) is 6.83. The van der Waals surface area contributed by atoms with Crippen LogP contribution in [0.25, 0.3) is 22.0 Å². The van der Waals surface area contributed by atoms with Gasteiger partial charge in [-0.15, -0.1) is 0 Å². The zero-order chi connectivity index (χ0) is 29.9. The minimum absolute atomic E-state index is 0.118. The molecule has 2 aliphatic heterocycles. The lowest BCUT2D eigenvalue weighted by Gasteiger charge is -2.57. The number of carbonyl (C=O) groups excluding carboxylic acids is 1. The molecule has 2 aromatic carbocycles. The molecular weight excluding hydrogens is 596 g/mol. The largest absolute Gasteiger partial charge is 0.492 e. The minimum Gasteiger partial charge on any atom is -0.492 e. The van der Waals surface area contributed by atoms with Gasteiger partial charge in [-0.05, 0) is 43.5 Å². The predicted molar refractivity (Wildman–Crippen MR) is 160 cm³/mol. The zero-order valence-corrected chi connectivity index (χ0v) is 25.2. The number of ether oxygens (including phenoxy) is 2. The highest BCUT2D eigenvalue weighted by atomic mass is 35.5. The third-order valence-corrected chi connectivity index (χ3v) is 9.52. The molecule has 2 aromatic heterocycles. The van der Waals surface area contributed by atoms with Crippen molar-refractivity contribution < 1.29 is 23.8 Å². The van der Waals surface area contributed by atoms with Crippen LogP contribution >= 0.6 is 23.2 Å². The van der Waals surface area contributed by atoms with E-state index in [0.29, 0.717) is 49.9 Å². The number of rotatable bonds is 9. The van der Waals surface area contributed by atoms with E-state index in [9.17, 15) is 14.3 Å². The van der Waals surface area contributed by atoms with Crippen LogP contribution in [-0.4, -0.2) is 80.4 Å². The van der Waals surface area contributed by atoms with Crippen molar-refractivity contribution in [2.45, 2.75) is 51.0 Å². The number of imidazole rings is 1. The second-order valence-corrected chi connectivity index (χ2v) is 12.7. The second-order valence-electron chi connectivity index (χ2n) is 11.9. The highest BCUT2D eigenvalue weighted by molar-refractivity contribution is 6.42. The van der Waals surface area contributed by atoms with Gasteiger partial charge in [-0.1, -0.05) is 35.3 Å². The van der Waals surface area contributed by atoms with Crippen molar-refractivity contribution in [2.75, 3.05) is 32.8 Å². The summed E-state index contributed by atoms with van der Waals surface area (Å²) >= 11 is 13.6. The molecule has 226 valence electrons. The van der Waals surface area contributed by atoms with Crippen LogP contribution in [0.4, 0.5) is 4.39 Å². The fourth-order valence-corrected chi connectivity index (χ4v) is 7.38. The maximum absolute atomic E-state index is 14.2. The lowest BCUT2D eigenvalue weighted by Crippen LogP contribution is -2.64. The van der Waals surface area contributed by atoms with E-state index in [1.165, 1.54) is 4.68 Å². The molecule has 1 N–H and O–H groups in total. The van der Waals surface area contributed by atoms with E-state index in [0.717, 1.165) is 43.8 Å². The van der Waals surface area contributed by atoms with Gasteiger partial charge in [0.2, 0.25) is 0 Å². The summed E-state index contributed by atoms with van der Waals surface area (Å²) in [5.74, 6) is 0.212. The molecule has 1 spiro atoms. The molecule has 9 nitrogen and oxygen atoms in total. The zero-order valence-electron chi connectivity index (χ0n) is 23.7. The Morgan fingerprint density at radius 3 is 2.72 bits per heavy atom. The molecule has 7 rings (SSSR count). The number of aliphatic hydroxyl groups excluding tert-OH is 1. The summed E-state index contributed by atoms with van der Waals surface area (Å²) < 4.78 is 28.7. The van der Waals surface area contributed by atoms with Crippen molar-refractivity contribution in [3.05, 3.63) is 64.3 Å². The molecule has 0 bridgehead atoms. The number of fused-ring (bicyclic) bond motifs is 2. The van der Waals surface area contributed by atoms with Crippen LogP contribution in [0.5, 0.6) is 5.75 Å². The van der Waals surface area contributed by atoms with Crippen LogP contribution in [0.3, 0.4) is 0 Å². The smallest absolute Gasteiger partial charge is 0.337 e. The third kappa shape index (κ3) is 5.18. The molecule has 1 saturated carbocycles. The Hall–Kier alpha value is -3.18. The standard InChI is InChI=1S/C31H32Cl2FN5O4/c1-2-42-30(41)29(28-25-9-19(34)13-38(25)17-35-28)39-14-23-24(32)10-22(26(33)27(23)36-39)18-3-5-21(6-4-18)43-8-7-37-15-31(16-37)11-20(40)12-31/h3-6,10,14,17,19-20,29,40H,2,7-9,11-13,15-16H2,1H3/t19-,29-/m1/s1. The molecule has 2 fully saturated rings. The number of carbonyl (C=O) groups is 1. The molecule has 3 aliphatic rings. The number of hydrogen-bond donors (Lipinski definition) is 1. The molecule has 2 atom stereocenters. The topological polar surface area (TPSA) is 94.6 Å². The maximum Gasteiger partial charge on any atom is 0.337 e. The van der Waals surface area contributed by atoms with Gasteiger partial charge in [0.05, 0.1) is 41.3 Å². The normalized spacial score (nSPS) is 20.2. The van der Waals surface area contributed by atoms with E-state index in [1.807, 2.05) is 24.3 Å². The number of halogens is 3. The monoisotopic (exact) mass is 627 g/mol. The lowest BCUT2D eigenvalue weighted by molar-refractivity contribution is -0.146. The van der Waals surface area contributed by atoms with Crippen LogP contribution in [0.2, 0.25) is 10.0 Å². The number of benzene rings is 2. The van der Waals surface area contributed by atoms with Gasteiger partial charge in [-0.3, -0.25) is 9.58 Å². The van der Waals surface area contributed by atoms with Crippen LogP contribution in [0.1, 0.15) is 37.2 Å². The first-order chi connectivity index (χ1) is 20.7. The van der Waals surface area contributed by atoms with Gasteiger partial charge in [0.1, 0.15) is 24.0 Å². The van der Waals surface area contributed by atoms with E-state index >= 15 is 0 Å². The molecule has 1 saturated heterocycles. The van der Waals surface area contributed by atoms with Crippen molar-refractivity contribution in [3.8, 4) is 16.9 Å².